The number of carbonyl (C=O) groups excluding carboxylic acids is 2. The molecule has 1 aromatic heterocycles. The number of thiophene rings is 1. The van der Waals surface area contributed by atoms with E-state index >= 15 is 0 Å². The summed E-state index contributed by atoms with van der Waals surface area (Å²) in [6, 6.07) is 10.2. The highest BCUT2D eigenvalue weighted by Gasteiger charge is 2.24. The summed E-state index contributed by atoms with van der Waals surface area (Å²) in [5.41, 5.74) is 7.15. The van der Waals surface area contributed by atoms with E-state index in [0.717, 1.165) is 43.4 Å². The number of primary amides is 1. The zero-order valence-corrected chi connectivity index (χ0v) is 15.7. The molecule has 6 heteroatoms. The number of nitrogens with one attached hydrogen (secondary N) is 1. The minimum absolute atomic E-state index is 0.0465. The summed E-state index contributed by atoms with van der Waals surface area (Å²) >= 11 is 3.26. The third-order valence-corrected chi connectivity index (χ3v) is 6.54. The van der Waals surface area contributed by atoms with E-state index in [1.54, 1.807) is 11.8 Å². The average Bonchev–Trinajstić information content (AvgIpc) is 2.97. The monoisotopic (exact) mass is 374 g/mol. The van der Waals surface area contributed by atoms with Crippen LogP contribution in [0.15, 0.2) is 35.2 Å². The van der Waals surface area contributed by atoms with Crippen LogP contribution in [0.3, 0.4) is 0 Å². The molecule has 0 unspecified atom stereocenters. The molecule has 2 amide bonds. The average molecular weight is 375 g/mol. The lowest BCUT2D eigenvalue weighted by Crippen LogP contribution is -2.18. The molecule has 0 atom stereocenters. The van der Waals surface area contributed by atoms with E-state index in [0.29, 0.717) is 17.0 Å². The lowest BCUT2D eigenvalue weighted by Gasteiger charge is -2.11. The van der Waals surface area contributed by atoms with Crippen LogP contribution in [-0.4, -0.2) is 17.6 Å². The number of rotatable bonds is 7. The molecule has 0 radical (unpaired) electrons. The molecule has 1 aliphatic carbocycles. The summed E-state index contributed by atoms with van der Waals surface area (Å²) in [7, 11) is 0. The second-order valence-corrected chi connectivity index (χ2v) is 8.37. The molecule has 3 N–H and O–H groups in total. The molecule has 0 spiro atoms. The van der Waals surface area contributed by atoms with Gasteiger partial charge in [-0.1, -0.05) is 18.2 Å². The number of carbonyl (C=O) groups is 2. The van der Waals surface area contributed by atoms with Crippen molar-refractivity contribution in [2.24, 2.45) is 5.73 Å². The first-order valence-electron chi connectivity index (χ1n) is 8.57. The second kappa shape index (κ2) is 8.54. The van der Waals surface area contributed by atoms with Crippen molar-refractivity contribution in [3.05, 3.63) is 46.3 Å². The van der Waals surface area contributed by atoms with Gasteiger partial charge in [0.1, 0.15) is 5.00 Å². The van der Waals surface area contributed by atoms with Crippen molar-refractivity contribution in [2.45, 2.75) is 43.4 Å². The van der Waals surface area contributed by atoms with Gasteiger partial charge in [-0.3, -0.25) is 9.59 Å². The van der Waals surface area contributed by atoms with E-state index < -0.39 is 5.91 Å². The van der Waals surface area contributed by atoms with E-state index in [9.17, 15) is 9.59 Å². The largest absolute Gasteiger partial charge is 0.365 e. The summed E-state index contributed by atoms with van der Waals surface area (Å²) < 4.78 is 0. The van der Waals surface area contributed by atoms with Crippen molar-refractivity contribution >= 4 is 39.9 Å². The van der Waals surface area contributed by atoms with Crippen molar-refractivity contribution in [1.82, 2.24) is 0 Å². The zero-order valence-electron chi connectivity index (χ0n) is 14.0. The van der Waals surface area contributed by atoms with Gasteiger partial charge >= 0.3 is 0 Å². The van der Waals surface area contributed by atoms with Crippen LogP contribution in [0, 0.1) is 0 Å². The number of fused-ring (bicyclic) bond motifs is 1. The van der Waals surface area contributed by atoms with Gasteiger partial charge in [-0.15, -0.1) is 23.1 Å². The molecule has 2 aromatic rings. The highest BCUT2D eigenvalue weighted by molar-refractivity contribution is 7.99. The van der Waals surface area contributed by atoms with Crippen LogP contribution in [0.25, 0.3) is 0 Å². The first kappa shape index (κ1) is 18.0. The van der Waals surface area contributed by atoms with Gasteiger partial charge in [0.15, 0.2) is 0 Å². The molecule has 4 nitrogen and oxygen atoms in total. The standard InChI is InChI=1S/C19H22N2O2S2/c20-18(23)17-14-9-4-5-10-15(14)25-19(17)21-16(22)11-6-12-24-13-7-2-1-3-8-13/h1-3,7-8H,4-6,9-12H2,(H2,20,23)(H,21,22). The summed E-state index contributed by atoms with van der Waals surface area (Å²) in [5, 5.41) is 3.56. The molecule has 132 valence electrons. The summed E-state index contributed by atoms with van der Waals surface area (Å²) in [4.78, 5) is 26.5. The van der Waals surface area contributed by atoms with Gasteiger partial charge in [0.05, 0.1) is 5.56 Å². The Hall–Kier alpha value is -1.79. The van der Waals surface area contributed by atoms with Crippen molar-refractivity contribution in [1.29, 1.82) is 0 Å². The van der Waals surface area contributed by atoms with Crippen LogP contribution in [0.2, 0.25) is 0 Å². The van der Waals surface area contributed by atoms with Crippen molar-refractivity contribution in [2.75, 3.05) is 11.1 Å². The smallest absolute Gasteiger partial charge is 0.251 e. The highest BCUT2D eigenvalue weighted by atomic mass is 32.2. The van der Waals surface area contributed by atoms with Crippen molar-refractivity contribution < 1.29 is 9.59 Å². The van der Waals surface area contributed by atoms with E-state index in [1.807, 2.05) is 18.2 Å². The molecule has 0 aliphatic heterocycles. The van der Waals surface area contributed by atoms with Crippen molar-refractivity contribution in [3.63, 3.8) is 0 Å². The lowest BCUT2D eigenvalue weighted by atomic mass is 9.95. The number of hydrogen-bond acceptors (Lipinski definition) is 4. The first-order chi connectivity index (χ1) is 12.1. The fourth-order valence-electron chi connectivity index (χ4n) is 3.04. The molecule has 0 saturated heterocycles. The number of nitrogens with two attached hydrogens (primary N) is 1. The van der Waals surface area contributed by atoms with E-state index in [2.05, 4.69) is 17.4 Å². The third kappa shape index (κ3) is 4.64. The quantitative estimate of drug-likeness (QED) is 0.562. The van der Waals surface area contributed by atoms with Gasteiger partial charge in [-0.25, -0.2) is 0 Å². The lowest BCUT2D eigenvalue weighted by molar-refractivity contribution is -0.116. The van der Waals surface area contributed by atoms with Crippen LogP contribution in [0.5, 0.6) is 0 Å². The van der Waals surface area contributed by atoms with Gasteiger partial charge in [-0.2, -0.15) is 0 Å². The van der Waals surface area contributed by atoms with Crippen LogP contribution in [0.4, 0.5) is 5.00 Å². The Balaban J connectivity index is 1.54. The molecule has 1 heterocycles. The number of aryl methyl sites for hydroxylation is 1. The van der Waals surface area contributed by atoms with E-state index in [1.165, 1.54) is 21.1 Å². The minimum Gasteiger partial charge on any atom is -0.365 e. The predicted octanol–water partition coefficient (Wildman–Crippen LogP) is 4.24. The SMILES string of the molecule is NC(=O)c1c(NC(=O)CCCSc2ccccc2)sc2c1CCCC2. The fraction of sp³-hybridized carbons (Fsp3) is 0.368. The Bertz CT molecular complexity index is 756. The van der Waals surface area contributed by atoms with E-state index in [4.69, 9.17) is 5.73 Å². The van der Waals surface area contributed by atoms with E-state index in [-0.39, 0.29) is 5.91 Å². The summed E-state index contributed by atoms with van der Waals surface area (Å²) in [6.45, 7) is 0. The summed E-state index contributed by atoms with van der Waals surface area (Å²) in [6.07, 6.45) is 5.31. The van der Waals surface area contributed by atoms with Crippen LogP contribution in [0.1, 0.15) is 46.5 Å². The maximum absolute atomic E-state index is 12.2. The zero-order chi connectivity index (χ0) is 17.6. The molecule has 1 aliphatic rings. The maximum atomic E-state index is 12.2. The Morgan fingerprint density at radius 3 is 2.68 bits per heavy atom. The molecular formula is C19H22N2O2S2. The normalized spacial score (nSPS) is 13.3. The molecule has 0 saturated carbocycles. The Morgan fingerprint density at radius 1 is 1.16 bits per heavy atom. The van der Waals surface area contributed by atoms with Gasteiger partial charge in [0, 0.05) is 16.2 Å². The number of hydrogen-bond donors (Lipinski definition) is 2. The van der Waals surface area contributed by atoms with Crippen LogP contribution in [-0.2, 0) is 17.6 Å². The maximum Gasteiger partial charge on any atom is 0.251 e. The molecular weight excluding hydrogens is 352 g/mol. The fourth-order valence-corrected chi connectivity index (χ4v) is 5.23. The Kier molecular flexibility index (Phi) is 6.15. The van der Waals surface area contributed by atoms with Gasteiger partial charge in [0.2, 0.25) is 5.91 Å². The topological polar surface area (TPSA) is 72.2 Å². The van der Waals surface area contributed by atoms with Crippen LogP contribution >= 0.6 is 23.1 Å². The van der Waals surface area contributed by atoms with Gasteiger partial charge in [0.25, 0.3) is 5.91 Å². The number of anilines is 1. The van der Waals surface area contributed by atoms with Crippen LogP contribution < -0.4 is 11.1 Å². The van der Waals surface area contributed by atoms with Gasteiger partial charge < -0.3 is 11.1 Å². The predicted molar refractivity (Wildman–Crippen MR) is 105 cm³/mol. The number of thioether (sulfide) groups is 1. The Morgan fingerprint density at radius 2 is 1.92 bits per heavy atom. The molecule has 0 bridgehead atoms. The number of amides is 2. The minimum atomic E-state index is -0.436. The number of benzene rings is 1. The molecule has 1 aromatic carbocycles. The van der Waals surface area contributed by atoms with Gasteiger partial charge in [-0.05, 0) is 55.6 Å². The molecule has 0 fully saturated rings. The highest BCUT2D eigenvalue weighted by Crippen LogP contribution is 2.38. The summed E-state index contributed by atoms with van der Waals surface area (Å²) in [5.74, 6) is 0.408. The van der Waals surface area contributed by atoms with Crippen molar-refractivity contribution in [3.8, 4) is 0 Å². The third-order valence-electron chi connectivity index (χ3n) is 4.23. The second-order valence-electron chi connectivity index (χ2n) is 6.09. The molecule has 3 rings (SSSR count). The molecule has 25 heavy (non-hydrogen) atoms. The first-order valence-corrected chi connectivity index (χ1v) is 10.4. The Labute approximate surface area is 156 Å².